The zero-order valence-electron chi connectivity index (χ0n) is 9.05. The molecule has 3 aromatic rings. The van der Waals surface area contributed by atoms with Crippen LogP contribution in [0.5, 0.6) is 11.5 Å². The first-order valence-corrected chi connectivity index (χ1v) is 5.56. The zero-order valence-corrected chi connectivity index (χ0v) is 9.81. The van der Waals surface area contributed by atoms with Crippen LogP contribution in [0.15, 0.2) is 30.3 Å². The van der Waals surface area contributed by atoms with E-state index < -0.39 is 0 Å². The van der Waals surface area contributed by atoms with Crippen molar-refractivity contribution >= 4 is 22.6 Å². The van der Waals surface area contributed by atoms with E-state index in [9.17, 15) is 10.2 Å². The Morgan fingerprint density at radius 3 is 2.67 bits per heavy atom. The van der Waals surface area contributed by atoms with E-state index in [-0.39, 0.29) is 11.5 Å². The van der Waals surface area contributed by atoms with Crippen molar-refractivity contribution in [2.24, 2.45) is 0 Å². The minimum atomic E-state index is -0.0626. The highest BCUT2D eigenvalue weighted by Crippen LogP contribution is 2.39. The molecule has 90 valence electrons. The highest BCUT2D eigenvalue weighted by molar-refractivity contribution is 6.35. The number of halogens is 1. The molecule has 3 rings (SSSR count). The van der Waals surface area contributed by atoms with Gasteiger partial charge in [0.15, 0.2) is 0 Å². The highest BCUT2D eigenvalue weighted by Gasteiger charge is 2.15. The third kappa shape index (κ3) is 1.56. The molecule has 1 heterocycles. The number of hydrogen-bond acceptors (Lipinski definition) is 4. The fourth-order valence-electron chi connectivity index (χ4n) is 1.88. The van der Waals surface area contributed by atoms with Gasteiger partial charge in [-0.05, 0) is 24.3 Å². The summed E-state index contributed by atoms with van der Waals surface area (Å²) < 4.78 is 0. The second-order valence-corrected chi connectivity index (χ2v) is 4.22. The van der Waals surface area contributed by atoms with Gasteiger partial charge in [0, 0.05) is 17.2 Å². The van der Waals surface area contributed by atoms with Gasteiger partial charge in [0.05, 0.1) is 5.02 Å². The van der Waals surface area contributed by atoms with Gasteiger partial charge in [-0.25, -0.2) is 0 Å². The monoisotopic (exact) mass is 261 g/mol. The van der Waals surface area contributed by atoms with Crippen LogP contribution in [0.25, 0.3) is 22.2 Å². The Labute approximate surface area is 107 Å². The lowest BCUT2D eigenvalue weighted by molar-refractivity contribution is 0.452. The molecule has 0 amide bonds. The molecule has 6 heteroatoms. The van der Waals surface area contributed by atoms with Gasteiger partial charge in [-0.15, -0.1) is 0 Å². The molecule has 18 heavy (non-hydrogen) atoms. The fraction of sp³-hybridized carbons (Fsp3) is 0. The number of nitrogens with zero attached hydrogens (tertiary/aromatic N) is 2. The van der Waals surface area contributed by atoms with Crippen LogP contribution in [0.3, 0.4) is 0 Å². The summed E-state index contributed by atoms with van der Waals surface area (Å²) in [6.45, 7) is 0. The van der Waals surface area contributed by atoms with Crippen molar-refractivity contribution in [3.63, 3.8) is 0 Å². The van der Waals surface area contributed by atoms with E-state index in [4.69, 9.17) is 11.6 Å². The van der Waals surface area contributed by atoms with Crippen molar-refractivity contribution in [2.45, 2.75) is 0 Å². The maximum atomic E-state index is 9.89. The standard InChI is InChI=1S/C12H8ClN3O2/c13-8-3-4-9-12(15-16-14-9)11(8)7-2-1-6(17)5-10(7)18/h1-5,17-18H,(H,14,15,16). The average molecular weight is 262 g/mol. The quantitative estimate of drug-likeness (QED) is 0.629. The van der Waals surface area contributed by atoms with Crippen LogP contribution in [-0.2, 0) is 0 Å². The summed E-state index contributed by atoms with van der Waals surface area (Å²) in [5.41, 5.74) is 2.31. The molecule has 0 spiro atoms. The number of phenols is 2. The molecule has 0 bridgehead atoms. The van der Waals surface area contributed by atoms with Gasteiger partial charge in [0.1, 0.15) is 22.5 Å². The van der Waals surface area contributed by atoms with Crippen LogP contribution in [0, 0.1) is 0 Å². The maximum absolute atomic E-state index is 9.89. The summed E-state index contributed by atoms with van der Waals surface area (Å²) in [7, 11) is 0. The lowest BCUT2D eigenvalue weighted by atomic mass is 10.0. The minimum Gasteiger partial charge on any atom is -0.508 e. The average Bonchev–Trinajstić information content (AvgIpc) is 2.79. The summed E-state index contributed by atoms with van der Waals surface area (Å²) in [5.74, 6) is -0.0768. The molecule has 0 aliphatic heterocycles. The normalized spacial score (nSPS) is 10.9. The van der Waals surface area contributed by atoms with Crippen LogP contribution in [0.4, 0.5) is 0 Å². The molecule has 3 N–H and O–H groups in total. The number of nitrogens with one attached hydrogen (secondary N) is 1. The van der Waals surface area contributed by atoms with Gasteiger partial charge in [0.25, 0.3) is 0 Å². The van der Waals surface area contributed by atoms with E-state index >= 15 is 0 Å². The van der Waals surface area contributed by atoms with Crippen LogP contribution in [-0.4, -0.2) is 25.6 Å². The molecule has 0 saturated heterocycles. The summed E-state index contributed by atoms with van der Waals surface area (Å²) in [6.07, 6.45) is 0. The Kier molecular flexibility index (Phi) is 2.34. The van der Waals surface area contributed by atoms with Gasteiger partial charge in [0.2, 0.25) is 0 Å². The van der Waals surface area contributed by atoms with Gasteiger partial charge in [-0.1, -0.05) is 11.6 Å². The van der Waals surface area contributed by atoms with Crippen LogP contribution in [0.2, 0.25) is 5.02 Å². The first kappa shape index (κ1) is 10.9. The van der Waals surface area contributed by atoms with E-state index in [0.29, 0.717) is 27.2 Å². The first-order valence-electron chi connectivity index (χ1n) is 5.18. The lowest BCUT2D eigenvalue weighted by Gasteiger charge is -2.07. The second kappa shape index (κ2) is 3.89. The Balaban J connectivity index is 2.36. The molecule has 1 aromatic heterocycles. The molecule has 0 radical (unpaired) electrons. The number of rotatable bonds is 1. The van der Waals surface area contributed by atoms with E-state index in [1.807, 2.05) is 0 Å². The van der Waals surface area contributed by atoms with Gasteiger partial charge < -0.3 is 10.2 Å². The molecular formula is C12H8ClN3O2. The number of hydrogen-bond donors (Lipinski definition) is 3. The predicted octanol–water partition coefficient (Wildman–Crippen LogP) is 2.69. The Bertz CT molecular complexity index is 739. The molecule has 0 unspecified atom stereocenters. The van der Waals surface area contributed by atoms with Crippen molar-refractivity contribution in [3.05, 3.63) is 35.4 Å². The number of aromatic hydroxyl groups is 2. The molecule has 0 aliphatic rings. The number of aromatic amines is 1. The molecule has 2 aromatic carbocycles. The maximum Gasteiger partial charge on any atom is 0.127 e. The molecule has 5 nitrogen and oxygen atoms in total. The first-order chi connectivity index (χ1) is 8.66. The Morgan fingerprint density at radius 1 is 1.06 bits per heavy atom. The van der Waals surface area contributed by atoms with Gasteiger partial charge >= 0.3 is 0 Å². The van der Waals surface area contributed by atoms with E-state index in [0.717, 1.165) is 0 Å². The SMILES string of the molecule is Oc1ccc(-c2c(Cl)ccc3n[nH]nc23)c(O)c1. The lowest BCUT2D eigenvalue weighted by Crippen LogP contribution is -1.84. The Morgan fingerprint density at radius 2 is 1.89 bits per heavy atom. The predicted molar refractivity (Wildman–Crippen MR) is 67.7 cm³/mol. The summed E-state index contributed by atoms with van der Waals surface area (Å²) in [5, 5.41) is 30.2. The molecule has 0 aliphatic carbocycles. The molecule has 0 saturated carbocycles. The van der Waals surface area contributed by atoms with Gasteiger partial charge in [-0.3, -0.25) is 0 Å². The van der Waals surface area contributed by atoms with Gasteiger partial charge in [-0.2, -0.15) is 15.4 Å². The third-order valence-corrected chi connectivity index (χ3v) is 3.00. The van der Waals surface area contributed by atoms with Crippen LogP contribution >= 0.6 is 11.6 Å². The number of benzene rings is 2. The van der Waals surface area contributed by atoms with Crippen LogP contribution < -0.4 is 0 Å². The Hall–Kier alpha value is -2.27. The number of H-pyrrole nitrogens is 1. The van der Waals surface area contributed by atoms with E-state index in [1.54, 1.807) is 18.2 Å². The molecule has 0 atom stereocenters. The summed E-state index contributed by atoms with van der Waals surface area (Å²) in [4.78, 5) is 0. The van der Waals surface area contributed by atoms with Crippen molar-refractivity contribution in [2.75, 3.05) is 0 Å². The number of fused-ring (bicyclic) bond motifs is 1. The van der Waals surface area contributed by atoms with Crippen molar-refractivity contribution in [1.29, 1.82) is 0 Å². The van der Waals surface area contributed by atoms with Crippen molar-refractivity contribution < 1.29 is 10.2 Å². The molecular weight excluding hydrogens is 254 g/mol. The minimum absolute atomic E-state index is 0.0142. The third-order valence-electron chi connectivity index (χ3n) is 2.69. The highest BCUT2D eigenvalue weighted by atomic mass is 35.5. The summed E-state index contributed by atoms with van der Waals surface area (Å²) in [6, 6.07) is 7.74. The molecule has 0 fully saturated rings. The largest absolute Gasteiger partial charge is 0.508 e. The topological polar surface area (TPSA) is 82.0 Å². The fourth-order valence-corrected chi connectivity index (χ4v) is 2.13. The second-order valence-electron chi connectivity index (χ2n) is 3.82. The van der Waals surface area contributed by atoms with Crippen LogP contribution in [0.1, 0.15) is 0 Å². The van der Waals surface area contributed by atoms with Crippen molar-refractivity contribution in [1.82, 2.24) is 15.4 Å². The van der Waals surface area contributed by atoms with E-state index in [1.165, 1.54) is 12.1 Å². The number of phenolic OH excluding ortho intramolecular Hbond substituents is 2. The van der Waals surface area contributed by atoms with Crippen molar-refractivity contribution in [3.8, 4) is 22.6 Å². The zero-order chi connectivity index (χ0) is 12.7. The number of aromatic nitrogens is 3. The summed E-state index contributed by atoms with van der Waals surface area (Å²) >= 11 is 6.15. The van der Waals surface area contributed by atoms with E-state index in [2.05, 4.69) is 15.4 Å². The smallest absolute Gasteiger partial charge is 0.127 e.